The molecule has 3 aliphatic rings. The highest BCUT2D eigenvalue weighted by atomic mass is 16.5. The first-order valence-corrected chi connectivity index (χ1v) is 9.89. The lowest BCUT2D eigenvalue weighted by Gasteiger charge is -2.42. The summed E-state index contributed by atoms with van der Waals surface area (Å²) >= 11 is 0. The first-order valence-electron chi connectivity index (χ1n) is 9.89. The van der Waals surface area contributed by atoms with Gasteiger partial charge in [0.2, 0.25) is 5.91 Å². The quantitative estimate of drug-likeness (QED) is 0.840. The highest BCUT2D eigenvalue weighted by Gasteiger charge is 2.35. The third kappa shape index (κ3) is 3.05. The number of benzene rings is 1. The average molecular weight is 364 g/mol. The molecule has 0 aliphatic carbocycles. The van der Waals surface area contributed by atoms with E-state index < -0.39 is 0 Å². The summed E-state index contributed by atoms with van der Waals surface area (Å²) < 4.78 is 7.46. The van der Waals surface area contributed by atoms with Gasteiger partial charge in [0.05, 0.1) is 6.61 Å². The van der Waals surface area contributed by atoms with Crippen LogP contribution in [-0.2, 0) is 24.2 Å². The predicted octanol–water partition coefficient (Wildman–Crippen LogP) is 2.36. The molecule has 1 aromatic heterocycles. The average Bonchev–Trinajstić information content (AvgIpc) is 3.14. The standard InChI is InChI=1S/C22H24N2O3/c25-21(7-5-15-4-6-20-17(10-15)8-9-27-20)23-12-16-11-18(14-23)19-2-1-3-22(26)24(19)13-16/h1-4,6,10,16,18H,5,7-9,11-14H2. The maximum atomic E-state index is 12.8. The Bertz CT molecular complexity index is 949. The minimum Gasteiger partial charge on any atom is -0.493 e. The van der Waals surface area contributed by atoms with E-state index in [9.17, 15) is 9.59 Å². The van der Waals surface area contributed by atoms with Crippen molar-refractivity contribution in [3.63, 3.8) is 0 Å². The Morgan fingerprint density at radius 1 is 1.15 bits per heavy atom. The number of aryl methyl sites for hydroxylation is 1. The molecule has 140 valence electrons. The summed E-state index contributed by atoms with van der Waals surface area (Å²) in [5.41, 5.74) is 3.65. The Kier molecular flexibility index (Phi) is 4.03. The van der Waals surface area contributed by atoms with Crippen molar-refractivity contribution < 1.29 is 9.53 Å². The van der Waals surface area contributed by atoms with E-state index in [0.717, 1.165) is 56.9 Å². The molecule has 2 bridgehead atoms. The van der Waals surface area contributed by atoms with Gasteiger partial charge in [-0.15, -0.1) is 0 Å². The second-order valence-corrected chi connectivity index (χ2v) is 8.04. The number of likely N-dealkylation sites (tertiary alicyclic amines) is 1. The summed E-state index contributed by atoms with van der Waals surface area (Å²) in [7, 11) is 0. The van der Waals surface area contributed by atoms with Crippen LogP contribution in [0.25, 0.3) is 0 Å². The maximum Gasteiger partial charge on any atom is 0.250 e. The van der Waals surface area contributed by atoms with Gasteiger partial charge in [-0.1, -0.05) is 18.2 Å². The zero-order chi connectivity index (χ0) is 18.4. The van der Waals surface area contributed by atoms with Crippen molar-refractivity contribution in [2.75, 3.05) is 19.7 Å². The number of rotatable bonds is 3. The highest BCUT2D eigenvalue weighted by Crippen LogP contribution is 2.35. The molecule has 5 rings (SSSR count). The van der Waals surface area contributed by atoms with Crippen LogP contribution < -0.4 is 10.3 Å². The molecule has 2 unspecified atom stereocenters. The van der Waals surface area contributed by atoms with Gasteiger partial charge < -0.3 is 14.2 Å². The van der Waals surface area contributed by atoms with E-state index in [1.807, 2.05) is 27.7 Å². The van der Waals surface area contributed by atoms with Gasteiger partial charge in [-0.05, 0) is 42.0 Å². The van der Waals surface area contributed by atoms with Crippen LogP contribution in [0.3, 0.4) is 0 Å². The number of fused-ring (bicyclic) bond motifs is 5. The lowest BCUT2D eigenvalue weighted by Crippen LogP contribution is -2.49. The fourth-order valence-corrected chi connectivity index (χ4v) is 4.90. The van der Waals surface area contributed by atoms with E-state index in [2.05, 4.69) is 12.1 Å². The van der Waals surface area contributed by atoms with Crippen molar-refractivity contribution in [2.45, 2.75) is 38.1 Å². The molecule has 0 radical (unpaired) electrons. The number of nitrogens with zero attached hydrogens (tertiary/aromatic N) is 2. The molecule has 2 atom stereocenters. The van der Waals surface area contributed by atoms with E-state index in [0.29, 0.717) is 12.3 Å². The molecule has 1 aromatic carbocycles. The molecule has 0 saturated carbocycles. The molecule has 1 saturated heterocycles. The smallest absolute Gasteiger partial charge is 0.250 e. The van der Waals surface area contributed by atoms with E-state index in [1.165, 1.54) is 11.1 Å². The lowest BCUT2D eigenvalue weighted by molar-refractivity contribution is -0.133. The molecule has 0 spiro atoms. The Morgan fingerprint density at radius 2 is 2.07 bits per heavy atom. The van der Waals surface area contributed by atoms with Gasteiger partial charge >= 0.3 is 0 Å². The molecule has 5 heteroatoms. The normalized spacial score (nSPS) is 22.7. The lowest BCUT2D eigenvalue weighted by atomic mass is 9.83. The van der Waals surface area contributed by atoms with E-state index in [1.54, 1.807) is 6.07 Å². The zero-order valence-electron chi connectivity index (χ0n) is 15.4. The fourth-order valence-electron chi connectivity index (χ4n) is 4.90. The summed E-state index contributed by atoms with van der Waals surface area (Å²) in [6, 6.07) is 11.8. The third-order valence-electron chi connectivity index (χ3n) is 6.21. The summed E-state index contributed by atoms with van der Waals surface area (Å²) in [5.74, 6) is 1.89. The molecular formula is C22H24N2O3. The van der Waals surface area contributed by atoms with Crippen LogP contribution in [-0.4, -0.2) is 35.1 Å². The van der Waals surface area contributed by atoms with Gasteiger partial charge in [-0.2, -0.15) is 0 Å². The topological polar surface area (TPSA) is 51.5 Å². The Balaban J connectivity index is 1.26. The Labute approximate surface area is 158 Å². The molecule has 4 heterocycles. The first-order chi connectivity index (χ1) is 13.2. The van der Waals surface area contributed by atoms with Crippen LogP contribution in [0, 0.1) is 5.92 Å². The van der Waals surface area contributed by atoms with Crippen molar-refractivity contribution in [1.82, 2.24) is 9.47 Å². The number of piperidine rings is 1. The first kappa shape index (κ1) is 16.6. The van der Waals surface area contributed by atoms with Crippen LogP contribution in [0.2, 0.25) is 0 Å². The molecule has 5 nitrogen and oxygen atoms in total. The molecule has 27 heavy (non-hydrogen) atoms. The van der Waals surface area contributed by atoms with Gasteiger partial charge in [0, 0.05) is 50.2 Å². The number of carbonyl (C=O) groups excluding carboxylic acids is 1. The summed E-state index contributed by atoms with van der Waals surface area (Å²) in [5, 5.41) is 0. The van der Waals surface area contributed by atoms with Crippen molar-refractivity contribution in [2.24, 2.45) is 5.92 Å². The zero-order valence-corrected chi connectivity index (χ0v) is 15.4. The number of aromatic nitrogens is 1. The predicted molar refractivity (Wildman–Crippen MR) is 102 cm³/mol. The summed E-state index contributed by atoms with van der Waals surface area (Å²) in [6.07, 6.45) is 3.36. The number of carbonyl (C=O) groups is 1. The molecular weight excluding hydrogens is 340 g/mol. The minimum atomic E-state index is 0.0857. The maximum absolute atomic E-state index is 12.8. The minimum absolute atomic E-state index is 0.0857. The van der Waals surface area contributed by atoms with E-state index in [-0.39, 0.29) is 17.4 Å². The summed E-state index contributed by atoms with van der Waals surface area (Å²) in [6.45, 7) is 3.00. The Morgan fingerprint density at radius 3 is 3.00 bits per heavy atom. The molecule has 2 aromatic rings. The molecule has 0 N–H and O–H groups in total. The van der Waals surface area contributed by atoms with E-state index in [4.69, 9.17) is 4.74 Å². The van der Waals surface area contributed by atoms with Crippen molar-refractivity contribution in [1.29, 1.82) is 0 Å². The number of hydrogen-bond acceptors (Lipinski definition) is 3. The van der Waals surface area contributed by atoms with Gasteiger partial charge in [-0.25, -0.2) is 0 Å². The van der Waals surface area contributed by atoms with Crippen molar-refractivity contribution in [3.8, 4) is 5.75 Å². The van der Waals surface area contributed by atoms with Crippen LogP contribution in [0.4, 0.5) is 0 Å². The van der Waals surface area contributed by atoms with Crippen molar-refractivity contribution in [3.05, 3.63) is 63.6 Å². The SMILES string of the molecule is O=C(CCc1ccc2c(c1)CCO2)N1CC2CC(C1)c1cccc(=O)n1C2. The number of hydrogen-bond donors (Lipinski definition) is 0. The molecule has 1 amide bonds. The van der Waals surface area contributed by atoms with E-state index >= 15 is 0 Å². The van der Waals surface area contributed by atoms with Crippen LogP contribution in [0.15, 0.2) is 41.2 Å². The van der Waals surface area contributed by atoms with Gasteiger partial charge in [0.15, 0.2) is 0 Å². The largest absolute Gasteiger partial charge is 0.493 e. The fraction of sp³-hybridized carbons (Fsp3) is 0.455. The van der Waals surface area contributed by atoms with Crippen LogP contribution in [0.1, 0.15) is 35.6 Å². The summed E-state index contributed by atoms with van der Waals surface area (Å²) in [4.78, 5) is 27.0. The number of pyridine rings is 1. The van der Waals surface area contributed by atoms with Crippen LogP contribution >= 0.6 is 0 Å². The van der Waals surface area contributed by atoms with Gasteiger partial charge in [0.25, 0.3) is 5.56 Å². The molecule has 3 aliphatic heterocycles. The number of amides is 1. The molecule has 1 fully saturated rings. The van der Waals surface area contributed by atoms with Gasteiger partial charge in [0.1, 0.15) is 5.75 Å². The number of ether oxygens (including phenoxy) is 1. The third-order valence-corrected chi connectivity index (χ3v) is 6.21. The van der Waals surface area contributed by atoms with Crippen molar-refractivity contribution >= 4 is 5.91 Å². The van der Waals surface area contributed by atoms with Gasteiger partial charge in [-0.3, -0.25) is 9.59 Å². The second-order valence-electron chi connectivity index (χ2n) is 8.04. The monoisotopic (exact) mass is 364 g/mol. The highest BCUT2D eigenvalue weighted by molar-refractivity contribution is 5.76. The Hall–Kier alpha value is -2.56. The second kappa shape index (κ2) is 6.55. The van der Waals surface area contributed by atoms with Crippen LogP contribution in [0.5, 0.6) is 5.75 Å².